The summed E-state index contributed by atoms with van der Waals surface area (Å²) in [7, 11) is 9.33. The molecule has 0 fully saturated rings. The summed E-state index contributed by atoms with van der Waals surface area (Å²) in [4.78, 5) is 0. The molecule has 2 aliphatic carbocycles. The fraction of sp³-hybridized carbons (Fsp3) is 0.500. The Morgan fingerprint density at radius 1 is 0.929 bits per heavy atom. The van der Waals surface area contributed by atoms with E-state index in [2.05, 4.69) is 116 Å². The monoisotopic (exact) mass is 520 g/mol. The molecule has 2 aliphatic rings. The Balaban J connectivity index is 2.39. The summed E-state index contributed by atoms with van der Waals surface area (Å²) in [5, 5.41) is 0. The molecule has 1 aromatic carbocycles. The Labute approximate surface area is 185 Å². The van der Waals surface area contributed by atoms with Crippen molar-refractivity contribution in [3.63, 3.8) is 0 Å². The Kier molecular flexibility index (Phi) is 5.96. The van der Waals surface area contributed by atoms with Gasteiger partial charge in [-0.15, -0.1) is 0 Å². The van der Waals surface area contributed by atoms with Crippen molar-refractivity contribution in [1.82, 2.24) is 5.69 Å². The van der Waals surface area contributed by atoms with Crippen LogP contribution in [0.1, 0.15) is 56.3 Å². The average Bonchev–Trinajstić information content (AvgIpc) is 3.00. The maximum absolute atomic E-state index is 3.81. The minimum atomic E-state index is -3.33. The van der Waals surface area contributed by atoms with E-state index in [-0.39, 0.29) is 5.41 Å². The summed E-state index contributed by atoms with van der Waals surface area (Å²) in [5.74, 6) is 0. The zero-order valence-electron chi connectivity index (χ0n) is 19.2. The molecule has 0 heterocycles. The van der Waals surface area contributed by atoms with Gasteiger partial charge in [0.25, 0.3) is 0 Å². The number of benzene rings is 1. The second-order valence-corrected chi connectivity index (χ2v) is 20.9. The van der Waals surface area contributed by atoms with E-state index in [1.54, 1.807) is 8.85 Å². The predicted octanol–water partition coefficient (Wildman–Crippen LogP) is 6.66. The van der Waals surface area contributed by atoms with Crippen LogP contribution in [0.25, 0.3) is 6.08 Å². The van der Waals surface area contributed by atoms with Gasteiger partial charge >= 0.3 is 187 Å². The molecule has 0 spiro atoms. The summed E-state index contributed by atoms with van der Waals surface area (Å²) < 4.78 is 8.73. The number of fused-ring (bicyclic) bond motifs is 1. The molecule has 1 unspecified atom stereocenters. The zero-order chi connectivity index (χ0) is 21.2. The Morgan fingerprint density at radius 3 is 1.96 bits per heavy atom. The van der Waals surface area contributed by atoms with Gasteiger partial charge in [0.1, 0.15) is 0 Å². The first kappa shape index (κ1) is 22.4. The molecule has 2 nitrogen and oxygen atoms in total. The van der Waals surface area contributed by atoms with Gasteiger partial charge in [-0.3, -0.25) is 0 Å². The van der Waals surface area contributed by atoms with E-state index < -0.39 is 20.8 Å². The van der Waals surface area contributed by atoms with Crippen molar-refractivity contribution in [3.05, 3.63) is 59.4 Å². The van der Waals surface area contributed by atoms with E-state index in [0.717, 1.165) is 0 Å². The Bertz CT molecular complexity index is 911. The third-order valence-electron chi connectivity index (χ3n) is 7.42. The van der Waals surface area contributed by atoms with Crippen LogP contribution in [-0.2, 0) is 20.8 Å². The number of nitrogens with zero attached hydrogens (tertiary/aromatic N) is 2. The molecular formula is C24H35BrN2Zr. The van der Waals surface area contributed by atoms with Crippen molar-refractivity contribution in [3.8, 4) is 0 Å². The van der Waals surface area contributed by atoms with Gasteiger partial charge in [-0.25, -0.2) is 0 Å². The van der Waals surface area contributed by atoms with E-state index in [1.807, 2.05) is 0 Å². The standard InChI is InChI=1S/C10H8Br.C10H15.2C2H6N.Zr/c1-7-5-8-3-2-4-10(11)9(8)6-7;1-7-6-10(4,5)9(3)8(7)2;2*1-3-2;/h2-6H,1H3;1-5H3;2*1-2H3;/q;;2*-1;+2. The van der Waals surface area contributed by atoms with Crippen LogP contribution >= 0.6 is 15.9 Å². The van der Waals surface area contributed by atoms with Crippen LogP contribution in [0.3, 0.4) is 0 Å². The average molecular weight is 523 g/mol. The molecule has 28 heavy (non-hydrogen) atoms. The van der Waals surface area contributed by atoms with E-state index in [1.165, 1.54) is 32.3 Å². The van der Waals surface area contributed by atoms with Gasteiger partial charge in [0, 0.05) is 0 Å². The number of hydrogen-bond donors (Lipinski definition) is 0. The van der Waals surface area contributed by atoms with Gasteiger partial charge in [-0.2, -0.15) is 0 Å². The molecule has 0 saturated heterocycles. The summed E-state index contributed by atoms with van der Waals surface area (Å²) in [6, 6.07) is 6.74. The first-order chi connectivity index (χ1) is 12.9. The molecule has 1 aromatic rings. The molecule has 0 saturated carbocycles. The van der Waals surface area contributed by atoms with Crippen LogP contribution in [0.15, 0.2) is 48.2 Å². The van der Waals surface area contributed by atoms with Crippen LogP contribution in [0.2, 0.25) is 0 Å². The van der Waals surface area contributed by atoms with Crippen molar-refractivity contribution >= 4 is 22.0 Å². The van der Waals surface area contributed by atoms with Crippen LogP contribution in [0, 0.1) is 5.41 Å². The first-order valence-corrected chi connectivity index (χ1v) is 15.8. The number of allylic oxidation sites excluding steroid dienone is 5. The Morgan fingerprint density at radius 2 is 1.50 bits per heavy atom. The van der Waals surface area contributed by atoms with Gasteiger partial charge in [0.05, 0.1) is 0 Å². The molecule has 152 valence electrons. The molecule has 0 bridgehead atoms. The number of hydrogen-bond acceptors (Lipinski definition) is 2. The van der Waals surface area contributed by atoms with E-state index >= 15 is 0 Å². The fourth-order valence-corrected chi connectivity index (χ4v) is 21.8. The minimum absolute atomic E-state index is 0.105. The molecule has 3 rings (SSSR count). The molecule has 0 aliphatic heterocycles. The fourth-order valence-electron chi connectivity index (χ4n) is 5.89. The predicted molar refractivity (Wildman–Crippen MR) is 123 cm³/mol. The molecule has 0 aromatic heterocycles. The van der Waals surface area contributed by atoms with Gasteiger partial charge < -0.3 is 0 Å². The van der Waals surface area contributed by atoms with Gasteiger partial charge in [0.15, 0.2) is 0 Å². The van der Waals surface area contributed by atoms with E-state index in [0.29, 0.717) is 3.63 Å². The second-order valence-electron chi connectivity index (χ2n) is 9.45. The maximum atomic E-state index is 3.81. The van der Waals surface area contributed by atoms with Crippen molar-refractivity contribution in [2.24, 2.45) is 5.41 Å². The van der Waals surface area contributed by atoms with Crippen molar-refractivity contribution in [1.29, 1.82) is 0 Å². The molecule has 0 radical (unpaired) electrons. The second kappa shape index (κ2) is 7.45. The third-order valence-corrected chi connectivity index (χ3v) is 22.9. The van der Waals surface area contributed by atoms with Crippen molar-refractivity contribution in [2.45, 2.75) is 45.2 Å². The quantitative estimate of drug-likeness (QED) is 0.436. The normalized spacial score (nSPS) is 21.9. The van der Waals surface area contributed by atoms with E-state index in [4.69, 9.17) is 0 Å². The van der Waals surface area contributed by atoms with Crippen molar-refractivity contribution in [2.75, 3.05) is 28.2 Å². The molecule has 1 atom stereocenters. The molecule has 0 N–H and O–H groups in total. The van der Waals surface area contributed by atoms with Crippen LogP contribution in [0.4, 0.5) is 0 Å². The third kappa shape index (κ3) is 2.89. The van der Waals surface area contributed by atoms with Crippen LogP contribution in [-0.4, -0.2) is 33.9 Å². The van der Waals surface area contributed by atoms with Crippen LogP contribution < -0.4 is 0 Å². The topological polar surface area (TPSA) is 6.48 Å². The number of rotatable bonds is 4. The number of halogens is 1. The van der Waals surface area contributed by atoms with E-state index in [9.17, 15) is 0 Å². The molecule has 0 amide bonds. The molecular weight excluding hydrogens is 487 g/mol. The van der Waals surface area contributed by atoms with Gasteiger partial charge in [-0.05, 0) is 0 Å². The first-order valence-electron chi connectivity index (χ1n) is 10.1. The Hall–Kier alpha value is -0.277. The van der Waals surface area contributed by atoms with Gasteiger partial charge in [-0.1, -0.05) is 0 Å². The summed E-state index contributed by atoms with van der Waals surface area (Å²) >= 11 is 0.480. The SMILES string of the molecule is CC1=Cc2c(Br)cccc2[CH]1[Zr]([C]1=C(C)C(C)=C(C)C1(C)C)([N](C)C)[N](C)C. The summed E-state index contributed by atoms with van der Waals surface area (Å²) in [6.45, 7) is 14.3. The molecule has 4 heteroatoms. The van der Waals surface area contributed by atoms with Crippen LogP contribution in [0.5, 0.6) is 0 Å². The van der Waals surface area contributed by atoms with Gasteiger partial charge in [0.2, 0.25) is 0 Å². The van der Waals surface area contributed by atoms with Crippen molar-refractivity contribution < 1.29 is 20.8 Å². The zero-order valence-corrected chi connectivity index (χ0v) is 23.2. The summed E-state index contributed by atoms with van der Waals surface area (Å²) in [6.07, 6.45) is 2.42. The summed E-state index contributed by atoms with van der Waals surface area (Å²) in [5.41, 5.74) is 9.08.